The molecule has 1 aromatic carbocycles. The topological polar surface area (TPSA) is 52.6 Å². The summed E-state index contributed by atoms with van der Waals surface area (Å²) in [5.74, 6) is 0. The van der Waals surface area contributed by atoms with Crippen molar-refractivity contribution in [2.24, 2.45) is 0 Å². The number of ether oxygens (including phenoxy) is 1. The number of hydrogen-bond donors (Lipinski definition) is 0. The van der Waals surface area contributed by atoms with Crippen LogP contribution < -0.4 is 0 Å². The Morgan fingerprint density at radius 1 is 1.32 bits per heavy atom. The van der Waals surface area contributed by atoms with E-state index in [2.05, 4.69) is 0 Å². The third kappa shape index (κ3) is 4.33. The molecule has 1 atom stereocenters. The molecule has 0 aliphatic carbocycles. The summed E-state index contributed by atoms with van der Waals surface area (Å²) >= 11 is 12.0. The Labute approximate surface area is 123 Å². The highest BCUT2D eigenvalue weighted by molar-refractivity contribution is 7.85. The lowest BCUT2D eigenvalue weighted by molar-refractivity contribution is -0.0506. The molecule has 108 valence electrons. The van der Waals surface area contributed by atoms with E-state index in [1.165, 1.54) is 7.11 Å². The summed E-state index contributed by atoms with van der Waals surface area (Å²) in [6.45, 7) is 1.72. The van der Waals surface area contributed by atoms with Crippen molar-refractivity contribution in [3.63, 3.8) is 0 Å². The molecule has 0 saturated heterocycles. The minimum absolute atomic E-state index is 0.139. The van der Waals surface area contributed by atoms with Crippen molar-refractivity contribution >= 4 is 33.3 Å². The molecule has 0 aromatic heterocycles. The predicted octanol–water partition coefficient (Wildman–Crippen LogP) is 3.22. The van der Waals surface area contributed by atoms with Gasteiger partial charge >= 0.3 is 0 Å². The largest absolute Gasteiger partial charge is 0.371 e. The van der Waals surface area contributed by atoms with E-state index in [0.717, 1.165) is 6.26 Å². The molecule has 4 nitrogen and oxygen atoms in total. The third-order valence-corrected chi connectivity index (χ3v) is 3.98. The number of methoxy groups -OCH3 is 1. The smallest absolute Gasteiger partial charge is 0.264 e. The lowest BCUT2D eigenvalue weighted by atomic mass is 9.91. The monoisotopic (exact) mass is 326 g/mol. The van der Waals surface area contributed by atoms with E-state index in [9.17, 15) is 8.42 Å². The van der Waals surface area contributed by atoms with Crippen LogP contribution in [0.4, 0.5) is 0 Å². The zero-order valence-corrected chi connectivity index (χ0v) is 13.3. The average molecular weight is 327 g/mol. The van der Waals surface area contributed by atoms with Crippen LogP contribution in [-0.4, -0.2) is 28.4 Å². The Bertz CT molecular complexity index is 539. The van der Waals surface area contributed by atoms with Gasteiger partial charge in [-0.2, -0.15) is 8.42 Å². The van der Waals surface area contributed by atoms with Crippen molar-refractivity contribution in [2.75, 3.05) is 20.0 Å². The summed E-state index contributed by atoms with van der Waals surface area (Å²) < 4.78 is 32.6. The van der Waals surface area contributed by atoms with Crippen LogP contribution in [0.15, 0.2) is 18.2 Å². The van der Waals surface area contributed by atoms with E-state index < -0.39 is 15.7 Å². The number of hydrogen-bond acceptors (Lipinski definition) is 4. The molecule has 0 aliphatic rings. The van der Waals surface area contributed by atoms with Crippen molar-refractivity contribution in [3.8, 4) is 0 Å². The minimum atomic E-state index is -3.56. The first kappa shape index (κ1) is 16.7. The van der Waals surface area contributed by atoms with Crippen LogP contribution in [0.25, 0.3) is 0 Å². The quantitative estimate of drug-likeness (QED) is 0.753. The maximum atomic E-state index is 11.1. The van der Waals surface area contributed by atoms with Gasteiger partial charge in [-0.15, -0.1) is 0 Å². The van der Waals surface area contributed by atoms with Crippen molar-refractivity contribution in [3.05, 3.63) is 33.8 Å². The maximum Gasteiger partial charge on any atom is 0.264 e. The van der Waals surface area contributed by atoms with Gasteiger partial charge in [-0.1, -0.05) is 36.2 Å². The summed E-state index contributed by atoms with van der Waals surface area (Å²) in [5.41, 5.74) is -0.280. The lowest BCUT2D eigenvalue weighted by Crippen LogP contribution is -2.34. The van der Waals surface area contributed by atoms with Gasteiger partial charge in [0.05, 0.1) is 12.9 Å². The van der Waals surface area contributed by atoms with Crippen LogP contribution in [0.1, 0.15) is 18.9 Å². The van der Waals surface area contributed by atoms with Crippen molar-refractivity contribution in [2.45, 2.75) is 18.9 Å². The second-order valence-electron chi connectivity index (χ2n) is 4.14. The van der Waals surface area contributed by atoms with E-state index in [1.54, 1.807) is 18.2 Å². The highest BCUT2D eigenvalue weighted by atomic mass is 35.5. The Morgan fingerprint density at radius 2 is 1.95 bits per heavy atom. The first-order valence-electron chi connectivity index (χ1n) is 5.59. The van der Waals surface area contributed by atoms with Gasteiger partial charge in [0.1, 0.15) is 5.60 Å². The van der Waals surface area contributed by atoms with Crippen molar-refractivity contribution in [1.29, 1.82) is 0 Å². The van der Waals surface area contributed by atoms with Crippen LogP contribution in [-0.2, 0) is 24.6 Å². The second kappa shape index (κ2) is 6.41. The summed E-state index contributed by atoms with van der Waals surface area (Å²) in [6.07, 6.45) is 1.49. The number of halogens is 2. The van der Waals surface area contributed by atoms with E-state index in [4.69, 9.17) is 32.1 Å². The zero-order valence-electron chi connectivity index (χ0n) is 10.9. The van der Waals surface area contributed by atoms with E-state index in [0.29, 0.717) is 22.0 Å². The van der Waals surface area contributed by atoms with Crippen LogP contribution in [0.2, 0.25) is 10.0 Å². The molecule has 0 fully saturated rings. The lowest BCUT2D eigenvalue weighted by Gasteiger charge is -2.32. The Kier molecular flexibility index (Phi) is 5.65. The number of benzene rings is 1. The molecular weight excluding hydrogens is 311 g/mol. The first-order chi connectivity index (χ1) is 8.74. The molecule has 0 radical (unpaired) electrons. The highest BCUT2D eigenvalue weighted by Crippen LogP contribution is 2.36. The Hall–Kier alpha value is -0.330. The predicted molar refractivity (Wildman–Crippen MR) is 76.2 cm³/mol. The van der Waals surface area contributed by atoms with Gasteiger partial charge in [0.15, 0.2) is 0 Å². The normalized spacial score (nSPS) is 15.2. The molecule has 0 amide bonds. The third-order valence-electron chi connectivity index (χ3n) is 2.89. The van der Waals surface area contributed by atoms with Gasteiger partial charge in [-0.05, 0) is 18.6 Å². The average Bonchev–Trinajstić information content (AvgIpc) is 2.31. The molecule has 0 saturated carbocycles. The van der Waals surface area contributed by atoms with E-state index >= 15 is 0 Å². The van der Waals surface area contributed by atoms with Crippen molar-refractivity contribution < 1.29 is 17.3 Å². The standard InChI is InChI=1S/C12H16Cl2O4S/c1-4-12(17-2,8-18-19(3,15)16)10-6-5-9(13)7-11(10)14/h5-7H,4,8H2,1-3H3. The van der Waals surface area contributed by atoms with Crippen LogP contribution in [0.3, 0.4) is 0 Å². The Balaban J connectivity index is 3.17. The fraction of sp³-hybridized carbons (Fsp3) is 0.500. The minimum Gasteiger partial charge on any atom is -0.371 e. The van der Waals surface area contributed by atoms with Gasteiger partial charge in [0.25, 0.3) is 10.1 Å². The summed E-state index contributed by atoms with van der Waals surface area (Å²) in [4.78, 5) is 0. The molecular formula is C12H16Cl2O4S. The van der Waals surface area contributed by atoms with Gasteiger partial charge in [0.2, 0.25) is 0 Å². The fourth-order valence-electron chi connectivity index (χ4n) is 1.74. The van der Waals surface area contributed by atoms with Gasteiger partial charge in [-0.25, -0.2) is 0 Å². The molecule has 0 heterocycles. The second-order valence-corrected chi connectivity index (χ2v) is 6.63. The zero-order chi connectivity index (χ0) is 14.7. The molecule has 0 spiro atoms. The molecule has 19 heavy (non-hydrogen) atoms. The molecule has 0 bridgehead atoms. The summed E-state index contributed by atoms with van der Waals surface area (Å²) in [5, 5.41) is 0.909. The van der Waals surface area contributed by atoms with E-state index in [1.807, 2.05) is 6.92 Å². The first-order valence-corrected chi connectivity index (χ1v) is 8.16. The van der Waals surface area contributed by atoms with Gasteiger partial charge < -0.3 is 4.74 Å². The maximum absolute atomic E-state index is 11.1. The molecule has 1 aromatic rings. The van der Waals surface area contributed by atoms with Crippen LogP contribution in [0.5, 0.6) is 0 Å². The van der Waals surface area contributed by atoms with Crippen molar-refractivity contribution in [1.82, 2.24) is 0 Å². The van der Waals surface area contributed by atoms with Crippen LogP contribution >= 0.6 is 23.2 Å². The molecule has 7 heteroatoms. The molecule has 1 rings (SSSR count). The highest BCUT2D eigenvalue weighted by Gasteiger charge is 2.34. The van der Waals surface area contributed by atoms with Gasteiger partial charge in [-0.3, -0.25) is 4.18 Å². The SMILES string of the molecule is CCC(COS(C)(=O)=O)(OC)c1ccc(Cl)cc1Cl. The molecule has 0 N–H and O–H groups in total. The number of rotatable bonds is 6. The molecule has 1 unspecified atom stereocenters. The summed E-state index contributed by atoms with van der Waals surface area (Å²) in [7, 11) is -2.07. The fourth-order valence-corrected chi connectivity index (χ4v) is 2.73. The molecule has 0 aliphatic heterocycles. The van der Waals surface area contributed by atoms with Gasteiger partial charge in [0, 0.05) is 22.7 Å². The van der Waals surface area contributed by atoms with Crippen LogP contribution in [0, 0.1) is 0 Å². The van der Waals surface area contributed by atoms with E-state index in [-0.39, 0.29) is 6.61 Å². The Morgan fingerprint density at radius 3 is 2.37 bits per heavy atom. The summed E-state index contributed by atoms with van der Waals surface area (Å²) in [6, 6.07) is 4.97.